The average molecular weight is 238 g/mol. The molecule has 4 nitrogen and oxygen atoms in total. The molecule has 0 saturated carbocycles. The number of anilines is 1. The second-order valence-corrected chi connectivity index (χ2v) is 4.39. The Hall–Kier alpha value is -2.41. The van der Waals surface area contributed by atoms with Gasteiger partial charge in [0.05, 0.1) is 0 Å². The van der Waals surface area contributed by atoms with Crippen molar-refractivity contribution in [3.8, 4) is 17.5 Å². The maximum atomic E-state index is 8.92. The lowest BCUT2D eigenvalue weighted by Crippen LogP contribution is -2.01. The van der Waals surface area contributed by atoms with Gasteiger partial charge in [0, 0.05) is 11.6 Å². The predicted molar refractivity (Wildman–Crippen MR) is 70.8 cm³/mol. The van der Waals surface area contributed by atoms with Gasteiger partial charge < -0.3 is 5.73 Å². The number of benzene rings is 1. The lowest BCUT2D eigenvalue weighted by atomic mass is 9.99. The molecule has 0 saturated heterocycles. The van der Waals surface area contributed by atoms with E-state index in [1.807, 2.05) is 26.8 Å². The van der Waals surface area contributed by atoms with Gasteiger partial charge in [0.2, 0.25) is 0 Å². The van der Waals surface area contributed by atoms with Gasteiger partial charge in [-0.2, -0.15) is 5.26 Å². The molecule has 90 valence electrons. The summed E-state index contributed by atoms with van der Waals surface area (Å²) in [7, 11) is 0. The first-order valence-electron chi connectivity index (χ1n) is 5.64. The average Bonchev–Trinajstić information content (AvgIpc) is 2.26. The van der Waals surface area contributed by atoms with Gasteiger partial charge in [0.1, 0.15) is 17.6 Å². The van der Waals surface area contributed by atoms with E-state index in [1.165, 1.54) is 11.6 Å². The van der Waals surface area contributed by atoms with Gasteiger partial charge in [-0.05, 0) is 31.9 Å². The molecule has 0 aliphatic carbocycles. The third-order valence-electron chi connectivity index (χ3n) is 2.76. The van der Waals surface area contributed by atoms with E-state index in [0.717, 1.165) is 16.7 Å². The van der Waals surface area contributed by atoms with Crippen molar-refractivity contribution in [3.63, 3.8) is 0 Å². The van der Waals surface area contributed by atoms with Crippen molar-refractivity contribution in [2.24, 2.45) is 0 Å². The highest BCUT2D eigenvalue weighted by atomic mass is 14.9. The number of hydrogen-bond acceptors (Lipinski definition) is 4. The van der Waals surface area contributed by atoms with Crippen LogP contribution in [-0.2, 0) is 0 Å². The van der Waals surface area contributed by atoms with Gasteiger partial charge in [0.15, 0.2) is 5.82 Å². The topological polar surface area (TPSA) is 75.6 Å². The zero-order valence-electron chi connectivity index (χ0n) is 10.7. The van der Waals surface area contributed by atoms with Gasteiger partial charge in [-0.25, -0.2) is 9.97 Å². The molecule has 4 heteroatoms. The molecule has 1 heterocycles. The highest BCUT2D eigenvalue weighted by Gasteiger charge is 2.11. The smallest absolute Gasteiger partial charge is 0.163 e. The van der Waals surface area contributed by atoms with Crippen molar-refractivity contribution >= 4 is 5.82 Å². The van der Waals surface area contributed by atoms with Crippen LogP contribution >= 0.6 is 0 Å². The Kier molecular flexibility index (Phi) is 2.99. The number of rotatable bonds is 1. The molecule has 2 rings (SSSR count). The minimum atomic E-state index is 0.289. The Morgan fingerprint density at radius 3 is 2.22 bits per heavy atom. The van der Waals surface area contributed by atoms with Crippen LogP contribution in [0.4, 0.5) is 5.82 Å². The second kappa shape index (κ2) is 4.46. The van der Waals surface area contributed by atoms with Crippen LogP contribution in [0.3, 0.4) is 0 Å². The third kappa shape index (κ3) is 2.16. The van der Waals surface area contributed by atoms with E-state index in [4.69, 9.17) is 11.0 Å². The summed E-state index contributed by atoms with van der Waals surface area (Å²) >= 11 is 0. The van der Waals surface area contributed by atoms with Crippen LogP contribution in [0.25, 0.3) is 11.4 Å². The molecule has 0 atom stereocenters. The lowest BCUT2D eigenvalue weighted by molar-refractivity contribution is 1.14. The predicted octanol–water partition coefficient (Wildman–Crippen LogP) is 2.52. The van der Waals surface area contributed by atoms with E-state index < -0.39 is 0 Å². The minimum Gasteiger partial charge on any atom is -0.384 e. The van der Waals surface area contributed by atoms with Crippen molar-refractivity contribution in [2.45, 2.75) is 20.8 Å². The Labute approximate surface area is 106 Å². The molecule has 0 fully saturated rings. The van der Waals surface area contributed by atoms with E-state index in [-0.39, 0.29) is 5.69 Å². The van der Waals surface area contributed by atoms with Crippen molar-refractivity contribution in [3.05, 3.63) is 40.6 Å². The Bertz CT molecular complexity index is 630. The van der Waals surface area contributed by atoms with Gasteiger partial charge in [-0.3, -0.25) is 0 Å². The molecule has 18 heavy (non-hydrogen) atoms. The zero-order valence-corrected chi connectivity index (χ0v) is 10.7. The van der Waals surface area contributed by atoms with E-state index in [9.17, 15) is 0 Å². The van der Waals surface area contributed by atoms with Crippen molar-refractivity contribution in [1.29, 1.82) is 5.26 Å². The number of nitriles is 1. The van der Waals surface area contributed by atoms with E-state index in [0.29, 0.717) is 11.6 Å². The Balaban J connectivity index is 2.70. The first-order valence-corrected chi connectivity index (χ1v) is 5.64. The van der Waals surface area contributed by atoms with Crippen LogP contribution < -0.4 is 5.73 Å². The maximum absolute atomic E-state index is 8.92. The van der Waals surface area contributed by atoms with E-state index in [2.05, 4.69) is 22.1 Å². The van der Waals surface area contributed by atoms with Gasteiger partial charge in [-0.15, -0.1) is 0 Å². The summed E-state index contributed by atoms with van der Waals surface area (Å²) in [5.41, 5.74) is 10.3. The van der Waals surface area contributed by atoms with Crippen LogP contribution in [0.15, 0.2) is 18.2 Å². The molecular weight excluding hydrogens is 224 g/mol. The van der Waals surface area contributed by atoms with Crippen molar-refractivity contribution in [2.75, 3.05) is 5.73 Å². The number of aryl methyl sites for hydroxylation is 3. The molecule has 0 spiro atoms. The van der Waals surface area contributed by atoms with E-state index in [1.54, 1.807) is 0 Å². The summed E-state index contributed by atoms with van der Waals surface area (Å²) in [4.78, 5) is 8.44. The minimum absolute atomic E-state index is 0.289. The summed E-state index contributed by atoms with van der Waals surface area (Å²) in [5, 5.41) is 8.92. The van der Waals surface area contributed by atoms with Crippen LogP contribution in [-0.4, -0.2) is 9.97 Å². The largest absolute Gasteiger partial charge is 0.384 e. The molecule has 1 aromatic carbocycles. The molecule has 0 amide bonds. The Morgan fingerprint density at radius 1 is 1.06 bits per heavy atom. The summed E-state index contributed by atoms with van der Waals surface area (Å²) in [6, 6.07) is 7.61. The summed E-state index contributed by atoms with van der Waals surface area (Å²) in [5.74, 6) is 0.831. The van der Waals surface area contributed by atoms with Crippen LogP contribution in [0.5, 0.6) is 0 Å². The number of nitrogens with two attached hydrogens (primary N) is 1. The van der Waals surface area contributed by atoms with Crippen LogP contribution in [0.1, 0.15) is 22.4 Å². The number of aromatic nitrogens is 2. The summed E-state index contributed by atoms with van der Waals surface area (Å²) < 4.78 is 0. The third-order valence-corrected chi connectivity index (χ3v) is 2.76. The van der Waals surface area contributed by atoms with Gasteiger partial charge >= 0.3 is 0 Å². The monoisotopic (exact) mass is 238 g/mol. The summed E-state index contributed by atoms with van der Waals surface area (Å²) in [6.07, 6.45) is 0. The molecule has 0 aliphatic heterocycles. The van der Waals surface area contributed by atoms with Gasteiger partial charge in [0.25, 0.3) is 0 Å². The molecule has 0 radical (unpaired) electrons. The fourth-order valence-corrected chi connectivity index (χ4v) is 2.17. The second-order valence-electron chi connectivity index (χ2n) is 4.39. The maximum Gasteiger partial charge on any atom is 0.163 e. The SMILES string of the molecule is Cc1cc(C)c(-c2nc(N)cc(C#N)n2)c(C)c1. The molecule has 0 aliphatic rings. The zero-order chi connectivity index (χ0) is 13.3. The molecule has 2 N–H and O–H groups in total. The van der Waals surface area contributed by atoms with Crippen molar-refractivity contribution < 1.29 is 0 Å². The fourth-order valence-electron chi connectivity index (χ4n) is 2.17. The number of nitrogens with zero attached hydrogens (tertiary/aromatic N) is 3. The van der Waals surface area contributed by atoms with Crippen LogP contribution in [0, 0.1) is 32.1 Å². The fraction of sp³-hybridized carbons (Fsp3) is 0.214. The molecule has 0 bridgehead atoms. The van der Waals surface area contributed by atoms with Crippen LogP contribution in [0.2, 0.25) is 0 Å². The highest BCUT2D eigenvalue weighted by Crippen LogP contribution is 2.26. The lowest BCUT2D eigenvalue weighted by Gasteiger charge is -2.10. The Morgan fingerprint density at radius 2 is 1.67 bits per heavy atom. The molecule has 0 unspecified atom stereocenters. The first kappa shape index (κ1) is 12.1. The quantitative estimate of drug-likeness (QED) is 0.828. The standard InChI is InChI=1S/C14H14N4/c1-8-4-9(2)13(10(3)5-8)14-17-11(7-15)6-12(16)18-14/h4-6H,1-3H3,(H2,16,17,18). The number of hydrogen-bond donors (Lipinski definition) is 1. The molecule has 2 aromatic rings. The van der Waals surface area contributed by atoms with Gasteiger partial charge in [-0.1, -0.05) is 17.7 Å². The molecule has 1 aromatic heterocycles. The molecular formula is C14H14N4. The van der Waals surface area contributed by atoms with E-state index >= 15 is 0 Å². The number of nitrogen functional groups attached to an aromatic ring is 1. The highest BCUT2D eigenvalue weighted by molar-refractivity contribution is 5.66. The summed E-state index contributed by atoms with van der Waals surface area (Å²) in [6.45, 7) is 6.06. The first-order chi connectivity index (χ1) is 8.51. The normalized spacial score (nSPS) is 10.1. The van der Waals surface area contributed by atoms with Crippen molar-refractivity contribution in [1.82, 2.24) is 9.97 Å².